The molecule has 2 heterocycles. The summed E-state index contributed by atoms with van der Waals surface area (Å²) >= 11 is 0. The Morgan fingerprint density at radius 3 is 2.86 bits per heavy atom. The molecule has 2 aliphatic heterocycles. The number of carbonyl (C=O) groups is 1. The lowest BCUT2D eigenvalue weighted by molar-refractivity contribution is 0.0650. The number of amides is 1. The summed E-state index contributed by atoms with van der Waals surface area (Å²) in [6.07, 6.45) is 4.95. The summed E-state index contributed by atoms with van der Waals surface area (Å²) in [5.74, 6) is 0.856. The van der Waals surface area contributed by atoms with Gasteiger partial charge in [0.15, 0.2) is 0 Å². The molecular weight excluding hydrogens is 260 g/mol. The van der Waals surface area contributed by atoms with Crippen LogP contribution in [-0.2, 0) is 0 Å². The highest BCUT2D eigenvalue weighted by atomic mass is 16.2. The van der Waals surface area contributed by atoms with Crippen LogP contribution in [-0.4, -0.2) is 36.5 Å². The van der Waals surface area contributed by atoms with E-state index >= 15 is 0 Å². The maximum Gasteiger partial charge on any atom is 0.254 e. The number of rotatable bonds is 2. The molecule has 2 fully saturated rings. The van der Waals surface area contributed by atoms with Crippen LogP contribution in [0.2, 0.25) is 0 Å². The Morgan fingerprint density at radius 1 is 1.24 bits per heavy atom. The van der Waals surface area contributed by atoms with Gasteiger partial charge in [-0.2, -0.15) is 0 Å². The highest BCUT2D eigenvalue weighted by Crippen LogP contribution is 2.26. The van der Waals surface area contributed by atoms with Gasteiger partial charge in [-0.1, -0.05) is 12.1 Å². The van der Waals surface area contributed by atoms with Gasteiger partial charge in [0.1, 0.15) is 0 Å². The van der Waals surface area contributed by atoms with E-state index in [1.807, 2.05) is 12.1 Å². The molecule has 2 aliphatic rings. The third-order valence-corrected chi connectivity index (χ3v) is 5.25. The molecule has 0 saturated carbocycles. The van der Waals surface area contributed by atoms with Crippen molar-refractivity contribution < 1.29 is 4.79 Å². The standard InChI is InChI=1S/C18H26N2O/c1-13-6-3-8-16(14(13)2)18(21)20-11-5-7-15(12-20)17-9-4-10-19-17/h3,6,8,15,17,19H,4-5,7,9-12H2,1-2H3. The summed E-state index contributed by atoms with van der Waals surface area (Å²) in [5, 5.41) is 3.61. The van der Waals surface area contributed by atoms with Gasteiger partial charge in [-0.05, 0) is 69.2 Å². The van der Waals surface area contributed by atoms with E-state index in [2.05, 4.69) is 30.1 Å². The number of piperidine rings is 1. The second kappa shape index (κ2) is 6.18. The van der Waals surface area contributed by atoms with Crippen LogP contribution in [0.15, 0.2) is 18.2 Å². The molecule has 1 aromatic rings. The molecule has 1 aromatic carbocycles. The molecule has 3 nitrogen and oxygen atoms in total. The van der Waals surface area contributed by atoms with Crippen LogP contribution >= 0.6 is 0 Å². The molecule has 3 heteroatoms. The number of nitrogens with one attached hydrogen (secondary N) is 1. The summed E-state index contributed by atoms with van der Waals surface area (Å²) in [5.41, 5.74) is 3.21. The number of hydrogen-bond acceptors (Lipinski definition) is 2. The quantitative estimate of drug-likeness (QED) is 0.906. The first-order valence-electron chi connectivity index (χ1n) is 8.25. The first-order chi connectivity index (χ1) is 10.2. The van der Waals surface area contributed by atoms with Crippen LogP contribution in [0.4, 0.5) is 0 Å². The molecule has 2 atom stereocenters. The Hall–Kier alpha value is -1.35. The van der Waals surface area contributed by atoms with E-state index in [1.165, 1.54) is 24.8 Å². The van der Waals surface area contributed by atoms with Crippen molar-refractivity contribution in [1.82, 2.24) is 10.2 Å². The maximum absolute atomic E-state index is 12.8. The van der Waals surface area contributed by atoms with E-state index in [0.717, 1.165) is 37.2 Å². The molecule has 3 rings (SSSR count). The van der Waals surface area contributed by atoms with Gasteiger partial charge in [0.2, 0.25) is 0 Å². The molecule has 0 spiro atoms. The minimum atomic E-state index is 0.221. The number of benzene rings is 1. The third-order valence-electron chi connectivity index (χ3n) is 5.25. The smallest absolute Gasteiger partial charge is 0.254 e. The van der Waals surface area contributed by atoms with Crippen LogP contribution in [0.25, 0.3) is 0 Å². The fourth-order valence-electron chi connectivity index (χ4n) is 3.79. The minimum absolute atomic E-state index is 0.221. The number of carbonyl (C=O) groups excluding carboxylic acids is 1. The van der Waals surface area contributed by atoms with Crippen LogP contribution in [0, 0.1) is 19.8 Å². The van der Waals surface area contributed by atoms with E-state index in [-0.39, 0.29) is 5.91 Å². The highest BCUT2D eigenvalue weighted by Gasteiger charge is 2.31. The molecule has 0 aliphatic carbocycles. The average Bonchev–Trinajstić information content (AvgIpc) is 3.04. The second-order valence-corrected chi connectivity index (χ2v) is 6.60. The topological polar surface area (TPSA) is 32.3 Å². The van der Waals surface area contributed by atoms with Gasteiger partial charge in [-0.25, -0.2) is 0 Å². The first-order valence-corrected chi connectivity index (χ1v) is 8.25. The maximum atomic E-state index is 12.8. The second-order valence-electron chi connectivity index (χ2n) is 6.60. The van der Waals surface area contributed by atoms with Gasteiger partial charge in [0.05, 0.1) is 0 Å². The van der Waals surface area contributed by atoms with Crippen molar-refractivity contribution in [2.24, 2.45) is 5.92 Å². The lowest BCUT2D eigenvalue weighted by Gasteiger charge is -2.36. The summed E-state index contributed by atoms with van der Waals surface area (Å²) in [4.78, 5) is 14.9. The van der Waals surface area contributed by atoms with Crippen LogP contribution < -0.4 is 5.32 Å². The monoisotopic (exact) mass is 286 g/mol. The Labute approximate surface area is 127 Å². The molecule has 0 radical (unpaired) electrons. The van der Waals surface area contributed by atoms with E-state index < -0.39 is 0 Å². The van der Waals surface area contributed by atoms with Crippen molar-refractivity contribution in [1.29, 1.82) is 0 Å². The molecule has 21 heavy (non-hydrogen) atoms. The lowest BCUT2D eigenvalue weighted by atomic mass is 9.89. The summed E-state index contributed by atoms with van der Waals surface area (Å²) < 4.78 is 0. The van der Waals surface area contributed by atoms with Gasteiger partial charge in [0, 0.05) is 24.7 Å². The summed E-state index contributed by atoms with van der Waals surface area (Å²) in [6.45, 7) is 7.11. The van der Waals surface area contributed by atoms with Crippen LogP contribution in [0.3, 0.4) is 0 Å². The Bertz CT molecular complexity index is 520. The molecule has 2 unspecified atom stereocenters. The fraction of sp³-hybridized carbons (Fsp3) is 0.611. The van der Waals surface area contributed by atoms with E-state index in [9.17, 15) is 4.79 Å². The van der Waals surface area contributed by atoms with E-state index in [4.69, 9.17) is 0 Å². The Kier molecular flexibility index (Phi) is 4.29. The van der Waals surface area contributed by atoms with E-state index in [0.29, 0.717) is 12.0 Å². The molecule has 2 saturated heterocycles. The number of aryl methyl sites for hydroxylation is 1. The SMILES string of the molecule is Cc1cccc(C(=O)N2CCCC(C3CCCN3)C2)c1C. The van der Waals surface area contributed by atoms with Crippen molar-refractivity contribution in [2.45, 2.75) is 45.6 Å². The molecule has 0 aromatic heterocycles. The van der Waals surface area contributed by atoms with Gasteiger partial charge >= 0.3 is 0 Å². The van der Waals surface area contributed by atoms with Gasteiger partial charge in [-0.15, -0.1) is 0 Å². The van der Waals surface area contributed by atoms with E-state index in [1.54, 1.807) is 0 Å². The largest absolute Gasteiger partial charge is 0.338 e. The molecular formula is C18H26N2O. The Balaban J connectivity index is 1.73. The fourth-order valence-corrected chi connectivity index (χ4v) is 3.79. The zero-order chi connectivity index (χ0) is 14.8. The van der Waals surface area contributed by atoms with Crippen molar-refractivity contribution in [2.75, 3.05) is 19.6 Å². The summed E-state index contributed by atoms with van der Waals surface area (Å²) in [6, 6.07) is 6.67. The van der Waals surface area contributed by atoms with Crippen LogP contribution in [0.5, 0.6) is 0 Å². The van der Waals surface area contributed by atoms with Gasteiger partial charge in [-0.3, -0.25) is 4.79 Å². The van der Waals surface area contributed by atoms with Crippen molar-refractivity contribution in [3.63, 3.8) is 0 Å². The number of nitrogens with zero attached hydrogens (tertiary/aromatic N) is 1. The zero-order valence-corrected chi connectivity index (χ0v) is 13.2. The van der Waals surface area contributed by atoms with Crippen LogP contribution in [0.1, 0.15) is 47.2 Å². The predicted molar refractivity (Wildman–Crippen MR) is 85.6 cm³/mol. The number of hydrogen-bond donors (Lipinski definition) is 1. The predicted octanol–water partition coefficient (Wildman–Crippen LogP) is 2.91. The first kappa shape index (κ1) is 14.6. The molecule has 0 bridgehead atoms. The Morgan fingerprint density at radius 2 is 2.10 bits per heavy atom. The highest BCUT2D eigenvalue weighted by molar-refractivity contribution is 5.96. The third kappa shape index (κ3) is 2.98. The minimum Gasteiger partial charge on any atom is -0.338 e. The normalized spacial score (nSPS) is 26.1. The summed E-state index contributed by atoms with van der Waals surface area (Å²) in [7, 11) is 0. The molecule has 1 N–H and O–H groups in total. The molecule has 114 valence electrons. The van der Waals surface area contributed by atoms with Crippen molar-refractivity contribution in [3.8, 4) is 0 Å². The van der Waals surface area contributed by atoms with Crippen molar-refractivity contribution >= 4 is 5.91 Å². The average molecular weight is 286 g/mol. The van der Waals surface area contributed by atoms with Gasteiger partial charge < -0.3 is 10.2 Å². The number of likely N-dealkylation sites (tertiary alicyclic amines) is 1. The van der Waals surface area contributed by atoms with Gasteiger partial charge in [0.25, 0.3) is 5.91 Å². The lowest BCUT2D eigenvalue weighted by Crippen LogP contribution is -2.46. The zero-order valence-electron chi connectivity index (χ0n) is 13.2. The molecule has 1 amide bonds. The van der Waals surface area contributed by atoms with Crippen molar-refractivity contribution in [3.05, 3.63) is 34.9 Å².